The molecule has 2 unspecified atom stereocenters. The Balaban J connectivity index is 3.10. The number of halogens is 1. The zero-order valence-corrected chi connectivity index (χ0v) is 14.8. The van der Waals surface area contributed by atoms with E-state index in [0.717, 1.165) is 10.0 Å². The molecule has 1 aromatic carbocycles. The van der Waals surface area contributed by atoms with E-state index in [2.05, 4.69) is 25.6 Å². The Hall–Kier alpha value is 0.579. The zero-order valence-electron chi connectivity index (χ0n) is 10.3. The summed E-state index contributed by atoms with van der Waals surface area (Å²) in [4.78, 5) is 0. The van der Waals surface area contributed by atoms with Gasteiger partial charge in [-0.05, 0) is 0 Å². The standard InChI is InChI=1S/C8H10N.C2H5OS.C2H5.ClH.Sn/c1-7(9)8-5-3-2-4-6-8;3-1-2-4;1-2;;/h2-5,7H,9H2,1H3;4H,1-2H2;1H2,2H3;1H;/q;-1;;;+2/p-1. The van der Waals surface area contributed by atoms with Crippen molar-refractivity contribution in [2.45, 2.75) is 24.3 Å². The van der Waals surface area contributed by atoms with Gasteiger partial charge in [0.25, 0.3) is 0 Å². The van der Waals surface area contributed by atoms with Crippen LogP contribution in [-0.4, -0.2) is 30.0 Å². The number of hydrogen-bond acceptors (Lipinski definition) is 3. The summed E-state index contributed by atoms with van der Waals surface area (Å²) in [6.45, 7) is 4.69. The van der Waals surface area contributed by atoms with Gasteiger partial charge in [0, 0.05) is 0 Å². The maximum absolute atomic E-state index is 6.78. The summed E-state index contributed by atoms with van der Waals surface area (Å²) in [5.41, 5.74) is 7.12. The van der Waals surface area contributed by atoms with Gasteiger partial charge in [-0.15, -0.1) is 0 Å². The molecule has 0 heterocycles. The van der Waals surface area contributed by atoms with Gasteiger partial charge in [0.05, 0.1) is 0 Å². The van der Waals surface area contributed by atoms with E-state index in [4.69, 9.17) is 17.7 Å². The molecule has 5 heteroatoms. The molecule has 0 fully saturated rings. The van der Waals surface area contributed by atoms with Crippen LogP contribution in [-0.2, 0) is 3.07 Å². The molecule has 1 aromatic rings. The van der Waals surface area contributed by atoms with Crippen LogP contribution in [0.5, 0.6) is 0 Å². The number of benzene rings is 1. The first kappa shape index (κ1) is 15.6. The summed E-state index contributed by atoms with van der Waals surface area (Å²) in [5, 5.41) is 0. The monoisotopic (exact) mass is 381 g/mol. The number of thiol groups is 1. The van der Waals surface area contributed by atoms with Gasteiger partial charge in [-0.2, -0.15) is 0 Å². The molecule has 2 N–H and O–H groups in total. The first-order valence-corrected chi connectivity index (χ1v) is 14.7. The first-order chi connectivity index (χ1) is 8.05. The van der Waals surface area contributed by atoms with Gasteiger partial charge < -0.3 is 0 Å². The van der Waals surface area contributed by atoms with Gasteiger partial charge in [0.1, 0.15) is 0 Å². The maximum atomic E-state index is 6.78. The van der Waals surface area contributed by atoms with Gasteiger partial charge in [-0.1, -0.05) is 0 Å². The molecule has 0 saturated carbocycles. The van der Waals surface area contributed by atoms with E-state index >= 15 is 0 Å². The van der Waals surface area contributed by atoms with E-state index in [-0.39, 0.29) is 6.04 Å². The van der Waals surface area contributed by atoms with Crippen molar-refractivity contribution in [3.63, 3.8) is 0 Å². The van der Waals surface area contributed by atoms with Gasteiger partial charge in [-0.3, -0.25) is 0 Å². The Bertz CT molecular complexity index is 364. The number of nitrogens with two attached hydrogens (primary N) is 1. The summed E-state index contributed by atoms with van der Waals surface area (Å²) in [6, 6.07) is 8.12. The van der Waals surface area contributed by atoms with Crippen molar-refractivity contribution in [3.05, 3.63) is 29.8 Å². The van der Waals surface area contributed by atoms with Gasteiger partial charge in [-0.25, -0.2) is 0 Å². The topological polar surface area (TPSA) is 35.2 Å². The van der Waals surface area contributed by atoms with Crippen molar-refractivity contribution in [3.8, 4) is 0 Å². The second-order valence-electron chi connectivity index (χ2n) is 4.03. The molecule has 0 bridgehead atoms. The van der Waals surface area contributed by atoms with Crippen molar-refractivity contribution < 1.29 is 3.07 Å². The molecule has 0 saturated heterocycles. The van der Waals surface area contributed by atoms with Crippen LogP contribution in [0.15, 0.2) is 24.3 Å². The van der Waals surface area contributed by atoms with E-state index in [1.807, 2.05) is 25.1 Å². The molecule has 2 atom stereocenters. The SMILES string of the molecule is C[CH2][Sn]([Cl])([O]CCS)[c]1ccccc1C(C)N. The summed E-state index contributed by atoms with van der Waals surface area (Å²) in [7, 11) is 6.78. The van der Waals surface area contributed by atoms with Gasteiger partial charge in [0.15, 0.2) is 0 Å². The molecule has 0 radical (unpaired) electrons. The van der Waals surface area contributed by atoms with E-state index in [9.17, 15) is 0 Å². The van der Waals surface area contributed by atoms with Crippen molar-refractivity contribution in [2.75, 3.05) is 12.4 Å². The normalized spacial score (nSPS) is 16.5. The molecule has 2 nitrogen and oxygen atoms in total. The van der Waals surface area contributed by atoms with Crippen LogP contribution in [0, 0.1) is 0 Å². The van der Waals surface area contributed by atoms with E-state index in [1.165, 1.54) is 3.58 Å². The molecule has 0 amide bonds. The molecule has 0 spiro atoms. The number of rotatable bonds is 6. The first-order valence-electron chi connectivity index (χ1n) is 5.84. The van der Waals surface area contributed by atoms with Crippen molar-refractivity contribution in [2.24, 2.45) is 5.73 Å². The molecule has 1 rings (SSSR count). The Morgan fingerprint density at radius 2 is 2.12 bits per heavy atom. The zero-order chi connectivity index (χ0) is 12.9. The second kappa shape index (κ2) is 7.24. The third-order valence-electron chi connectivity index (χ3n) is 2.73. The fourth-order valence-corrected chi connectivity index (χ4v) is 10.5. The minimum atomic E-state index is -3.20. The molecular formula is C12H20ClNOSSn. The quantitative estimate of drug-likeness (QED) is 0.588. The average molecular weight is 381 g/mol. The molecule has 17 heavy (non-hydrogen) atoms. The fourth-order valence-electron chi connectivity index (χ4n) is 1.81. The van der Waals surface area contributed by atoms with Crippen LogP contribution >= 0.6 is 21.5 Å². The molecule has 0 aliphatic rings. The molecule has 0 aliphatic heterocycles. The summed E-state index contributed by atoms with van der Waals surface area (Å²) in [6.07, 6.45) is 0. The minimum absolute atomic E-state index is 0.00724. The van der Waals surface area contributed by atoms with Crippen LogP contribution in [0.2, 0.25) is 4.44 Å². The van der Waals surface area contributed by atoms with Crippen LogP contribution in [0.1, 0.15) is 25.5 Å². The number of hydrogen-bond donors (Lipinski definition) is 2. The van der Waals surface area contributed by atoms with E-state index < -0.39 is 17.7 Å². The Morgan fingerprint density at radius 1 is 1.47 bits per heavy atom. The van der Waals surface area contributed by atoms with Crippen molar-refractivity contribution in [1.82, 2.24) is 0 Å². The fraction of sp³-hybridized carbons (Fsp3) is 0.500. The van der Waals surface area contributed by atoms with Gasteiger partial charge >= 0.3 is 118 Å². The van der Waals surface area contributed by atoms with Crippen LogP contribution in [0.4, 0.5) is 0 Å². The summed E-state index contributed by atoms with van der Waals surface area (Å²) in [5.74, 6) is 0.700. The molecule has 0 aliphatic carbocycles. The Labute approximate surface area is 117 Å². The van der Waals surface area contributed by atoms with Crippen molar-refractivity contribution >= 4 is 42.8 Å². The van der Waals surface area contributed by atoms with Crippen molar-refractivity contribution in [1.29, 1.82) is 0 Å². The van der Waals surface area contributed by atoms with E-state index in [1.54, 1.807) is 0 Å². The Kier molecular flexibility index (Phi) is 6.66. The summed E-state index contributed by atoms with van der Waals surface area (Å²) >= 11 is 0.979. The average Bonchev–Trinajstić information content (AvgIpc) is 2.36. The third-order valence-corrected chi connectivity index (χ3v) is 14.9. The van der Waals surface area contributed by atoms with Crippen LogP contribution < -0.4 is 9.31 Å². The molecular weight excluding hydrogens is 360 g/mol. The van der Waals surface area contributed by atoms with E-state index in [0.29, 0.717) is 12.4 Å². The van der Waals surface area contributed by atoms with Gasteiger partial charge in [0.2, 0.25) is 0 Å². The summed E-state index contributed by atoms with van der Waals surface area (Å²) < 4.78 is 8.01. The predicted molar refractivity (Wildman–Crippen MR) is 80.6 cm³/mol. The predicted octanol–water partition coefficient (Wildman–Crippen LogP) is 2.56. The second-order valence-corrected chi connectivity index (χ2v) is 17.1. The molecule has 0 aromatic heterocycles. The Morgan fingerprint density at radius 3 is 2.65 bits per heavy atom. The van der Waals surface area contributed by atoms with Crippen LogP contribution in [0.3, 0.4) is 0 Å². The molecule has 96 valence electrons. The van der Waals surface area contributed by atoms with Crippen LogP contribution in [0.25, 0.3) is 0 Å². The third kappa shape index (κ3) is 4.03.